The largest absolute Gasteiger partial charge is 0.497 e. The number of imidazole rings is 1. The average Bonchev–Trinajstić information content (AvgIpc) is 3.27. The number of nitrogens with one attached hydrogen (secondary N) is 1. The summed E-state index contributed by atoms with van der Waals surface area (Å²) in [6, 6.07) is 25.0. The number of nitrogens with zero attached hydrogens (tertiary/aromatic N) is 3. The lowest BCUT2D eigenvalue weighted by atomic mass is 10.2. The van der Waals surface area contributed by atoms with Crippen molar-refractivity contribution in [3.63, 3.8) is 0 Å². The zero-order chi connectivity index (χ0) is 26.2. The number of fused-ring (bicyclic) bond motifs is 1. The fourth-order valence-corrected chi connectivity index (χ4v) is 4.35. The van der Waals surface area contributed by atoms with Crippen molar-refractivity contribution in [1.29, 1.82) is 0 Å². The lowest BCUT2D eigenvalue weighted by Crippen LogP contribution is -2.38. The highest BCUT2D eigenvalue weighted by Crippen LogP contribution is 2.19. The van der Waals surface area contributed by atoms with Gasteiger partial charge in [0.2, 0.25) is 5.91 Å². The summed E-state index contributed by atoms with van der Waals surface area (Å²) in [6.07, 6.45) is 1.35. The van der Waals surface area contributed by atoms with E-state index in [1.807, 2.05) is 77.9 Å². The van der Waals surface area contributed by atoms with Crippen molar-refractivity contribution in [2.45, 2.75) is 45.8 Å². The van der Waals surface area contributed by atoms with Gasteiger partial charge in [0, 0.05) is 31.1 Å². The summed E-state index contributed by atoms with van der Waals surface area (Å²) < 4.78 is 7.17. The fraction of sp³-hybridized carbons (Fsp3) is 0.300. The predicted molar refractivity (Wildman–Crippen MR) is 146 cm³/mol. The summed E-state index contributed by atoms with van der Waals surface area (Å²) in [5, 5.41) is 2.97. The second kappa shape index (κ2) is 12.2. The van der Waals surface area contributed by atoms with E-state index < -0.39 is 0 Å². The van der Waals surface area contributed by atoms with E-state index in [-0.39, 0.29) is 24.4 Å². The monoisotopic (exact) mass is 498 g/mol. The highest BCUT2D eigenvalue weighted by atomic mass is 16.5. The first-order valence-electron chi connectivity index (χ1n) is 12.7. The molecule has 192 valence electrons. The van der Waals surface area contributed by atoms with Gasteiger partial charge in [0.25, 0.3) is 5.91 Å². The molecule has 1 N–H and O–H groups in total. The standard InChI is InChI=1S/C30H34N4O3/c1-22(2)33(20-23-10-5-4-6-11-23)29(35)21-34-27-13-8-7-12-26(27)32-28(34)14-9-19-31-30(36)24-15-17-25(37-3)18-16-24/h4-8,10-13,15-18,22H,9,14,19-21H2,1-3H3,(H,31,36). The summed E-state index contributed by atoms with van der Waals surface area (Å²) in [4.78, 5) is 32.7. The maximum absolute atomic E-state index is 13.5. The van der Waals surface area contributed by atoms with E-state index >= 15 is 0 Å². The molecular weight excluding hydrogens is 464 g/mol. The van der Waals surface area contributed by atoms with Gasteiger partial charge in [-0.25, -0.2) is 4.98 Å². The molecule has 0 unspecified atom stereocenters. The van der Waals surface area contributed by atoms with Crippen molar-refractivity contribution in [2.75, 3.05) is 13.7 Å². The van der Waals surface area contributed by atoms with Gasteiger partial charge in [-0.1, -0.05) is 42.5 Å². The van der Waals surface area contributed by atoms with Crippen LogP contribution in [0.3, 0.4) is 0 Å². The Bertz CT molecular complexity index is 1330. The topological polar surface area (TPSA) is 76.5 Å². The van der Waals surface area contributed by atoms with E-state index in [1.54, 1.807) is 31.4 Å². The summed E-state index contributed by atoms with van der Waals surface area (Å²) in [6.45, 7) is 5.38. The van der Waals surface area contributed by atoms with E-state index in [0.29, 0.717) is 37.2 Å². The number of para-hydroxylation sites is 2. The summed E-state index contributed by atoms with van der Waals surface area (Å²) >= 11 is 0. The van der Waals surface area contributed by atoms with Gasteiger partial charge < -0.3 is 19.5 Å². The molecule has 3 aromatic carbocycles. The average molecular weight is 499 g/mol. The second-order valence-electron chi connectivity index (χ2n) is 9.29. The van der Waals surface area contributed by atoms with E-state index in [0.717, 1.165) is 22.4 Å². The molecule has 4 rings (SSSR count). The van der Waals surface area contributed by atoms with Crippen LogP contribution in [0, 0.1) is 0 Å². The minimum absolute atomic E-state index is 0.0519. The van der Waals surface area contributed by atoms with Crippen LogP contribution in [-0.2, 0) is 24.3 Å². The molecule has 0 aliphatic heterocycles. The third kappa shape index (κ3) is 6.55. The third-order valence-corrected chi connectivity index (χ3v) is 6.38. The SMILES string of the molecule is COc1ccc(C(=O)NCCCc2nc3ccccc3n2CC(=O)N(Cc2ccccc2)C(C)C)cc1. The minimum atomic E-state index is -0.125. The van der Waals surface area contributed by atoms with E-state index in [1.165, 1.54) is 0 Å². The molecule has 0 radical (unpaired) electrons. The Kier molecular flexibility index (Phi) is 8.56. The van der Waals surface area contributed by atoms with Crippen molar-refractivity contribution >= 4 is 22.8 Å². The first kappa shape index (κ1) is 25.9. The van der Waals surface area contributed by atoms with Crippen molar-refractivity contribution in [3.05, 3.63) is 95.8 Å². The van der Waals surface area contributed by atoms with Crippen LogP contribution in [0.5, 0.6) is 5.75 Å². The lowest BCUT2D eigenvalue weighted by Gasteiger charge is -2.27. The molecule has 2 amide bonds. The Morgan fingerprint density at radius 1 is 0.973 bits per heavy atom. The number of hydrogen-bond donors (Lipinski definition) is 1. The number of ether oxygens (including phenoxy) is 1. The molecule has 0 spiro atoms. The first-order chi connectivity index (χ1) is 18.0. The quantitative estimate of drug-likeness (QED) is 0.300. The zero-order valence-electron chi connectivity index (χ0n) is 21.7. The predicted octanol–water partition coefficient (Wildman–Crippen LogP) is 4.84. The number of carbonyl (C=O) groups is 2. The van der Waals surface area contributed by atoms with Gasteiger partial charge in [-0.3, -0.25) is 9.59 Å². The Morgan fingerprint density at radius 2 is 1.68 bits per heavy atom. The normalized spacial score (nSPS) is 11.0. The van der Waals surface area contributed by atoms with Gasteiger partial charge in [0.15, 0.2) is 0 Å². The van der Waals surface area contributed by atoms with Crippen LogP contribution in [0.1, 0.15) is 42.0 Å². The van der Waals surface area contributed by atoms with Crippen molar-refractivity contribution in [3.8, 4) is 5.75 Å². The summed E-state index contributed by atoms with van der Waals surface area (Å²) in [5.74, 6) is 1.48. The number of hydrogen-bond acceptors (Lipinski definition) is 4. The Balaban J connectivity index is 1.43. The number of methoxy groups -OCH3 is 1. The highest BCUT2D eigenvalue weighted by Gasteiger charge is 2.21. The number of amides is 2. The van der Waals surface area contributed by atoms with Gasteiger partial charge in [0.1, 0.15) is 18.1 Å². The van der Waals surface area contributed by atoms with Gasteiger partial charge in [-0.2, -0.15) is 0 Å². The molecule has 4 aromatic rings. The van der Waals surface area contributed by atoms with Crippen molar-refractivity contribution in [1.82, 2.24) is 19.8 Å². The molecular formula is C30H34N4O3. The molecule has 0 aliphatic carbocycles. The molecule has 1 aromatic heterocycles. The Labute approximate surface area is 218 Å². The molecule has 0 fully saturated rings. The van der Waals surface area contributed by atoms with Crippen LogP contribution >= 0.6 is 0 Å². The van der Waals surface area contributed by atoms with Gasteiger partial charge in [0.05, 0.1) is 18.1 Å². The minimum Gasteiger partial charge on any atom is -0.497 e. The highest BCUT2D eigenvalue weighted by molar-refractivity contribution is 5.94. The number of carbonyl (C=O) groups excluding carboxylic acids is 2. The Hall–Kier alpha value is -4.13. The second-order valence-corrected chi connectivity index (χ2v) is 9.29. The molecule has 0 atom stereocenters. The molecule has 0 aliphatic rings. The summed E-state index contributed by atoms with van der Waals surface area (Å²) in [5.41, 5.74) is 3.50. The van der Waals surface area contributed by atoms with E-state index in [4.69, 9.17) is 9.72 Å². The third-order valence-electron chi connectivity index (χ3n) is 6.38. The van der Waals surface area contributed by atoms with E-state index in [2.05, 4.69) is 5.32 Å². The molecule has 37 heavy (non-hydrogen) atoms. The number of benzene rings is 3. The van der Waals surface area contributed by atoms with Gasteiger partial charge in [-0.05, 0) is 62.2 Å². The Morgan fingerprint density at radius 3 is 2.38 bits per heavy atom. The van der Waals surface area contributed by atoms with Crippen LogP contribution in [0.15, 0.2) is 78.9 Å². The van der Waals surface area contributed by atoms with Crippen molar-refractivity contribution in [2.24, 2.45) is 0 Å². The molecule has 7 nitrogen and oxygen atoms in total. The zero-order valence-corrected chi connectivity index (χ0v) is 21.7. The smallest absolute Gasteiger partial charge is 0.251 e. The van der Waals surface area contributed by atoms with Crippen LogP contribution in [0.2, 0.25) is 0 Å². The lowest BCUT2D eigenvalue weighted by molar-refractivity contribution is -0.134. The molecule has 0 bridgehead atoms. The maximum atomic E-state index is 13.5. The number of aryl methyl sites for hydroxylation is 1. The molecule has 0 saturated heterocycles. The molecule has 1 heterocycles. The number of rotatable bonds is 11. The van der Waals surface area contributed by atoms with Crippen molar-refractivity contribution < 1.29 is 14.3 Å². The maximum Gasteiger partial charge on any atom is 0.251 e. The van der Waals surface area contributed by atoms with Gasteiger partial charge >= 0.3 is 0 Å². The van der Waals surface area contributed by atoms with Crippen LogP contribution < -0.4 is 10.1 Å². The number of aromatic nitrogens is 2. The van der Waals surface area contributed by atoms with E-state index in [9.17, 15) is 9.59 Å². The molecule has 7 heteroatoms. The van der Waals surface area contributed by atoms with Crippen LogP contribution in [0.4, 0.5) is 0 Å². The summed E-state index contributed by atoms with van der Waals surface area (Å²) in [7, 11) is 1.60. The molecule has 0 saturated carbocycles. The first-order valence-corrected chi connectivity index (χ1v) is 12.7. The fourth-order valence-electron chi connectivity index (χ4n) is 4.35. The van der Waals surface area contributed by atoms with Crippen LogP contribution in [0.25, 0.3) is 11.0 Å². The van der Waals surface area contributed by atoms with Crippen LogP contribution in [-0.4, -0.2) is 46.0 Å². The van der Waals surface area contributed by atoms with Gasteiger partial charge in [-0.15, -0.1) is 0 Å².